The molecule has 0 spiro atoms. The van der Waals surface area contributed by atoms with Crippen molar-refractivity contribution in [2.24, 2.45) is 5.92 Å². The molecule has 2 amide bonds. The Bertz CT molecular complexity index is 658. The maximum atomic E-state index is 12.3. The molecular formula is C18H20BrN3O2. The highest BCUT2D eigenvalue weighted by Gasteiger charge is 2.21. The van der Waals surface area contributed by atoms with Crippen LogP contribution in [-0.4, -0.2) is 36.3 Å². The Morgan fingerprint density at radius 3 is 2.71 bits per heavy atom. The van der Waals surface area contributed by atoms with Crippen molar-refractivity contribution in [3.8, 4) is 6.07 Å². The molecule has 1 aromatic carbocycles. The smallest absolute Gasteiger partial charge is 0.246 e. The second-order valence-electron chi connectivity index (χ2n) is 5.76. The summed E-state index contributed by atoms with van der Waals surface area (Å²) in [4.78, 5) is 25.4. The molecule has 1 aliphatic rings. The lowest BCUT2D eigenvalue weighted by Gasteiger charge is -2.31. The number of halogens is 1. The topological polar surface area (TPSA) is 73.2 Å². The first-order chi connectivity index (χ1) is 11.6. The minimum absolute atomic E-state index is 0.0118. The Hall–Kier alpha value is -2.13. The van der Waals surface area contributed by atoms with Crippen LogP contribution < -0.4 is 5.32 Å². The second-order valence-corrected chi connectivity index (χ2v) is 6.62. The highest BCUT2D eigenvalue weighted by molar-refractivity contribution is 9.10. The van der Waals surface area contributed by atoms with Crippen LogP contribution in [0.15, 0.2) is 34.8 Å². The number of rotatable bonds is 5. The van der Waals surface area contributed by atoms with E-state index in [-0.39, 0.29) is 18.2 Å². The van der Waals surface area contributed by atoms with E-state index in [1.54, 1.807) is 6.08 Å². The van der Waals surface area contributed by atoms with Gasteiger partial charge in [0, 0.05) is 30.2 Å². The second kappa shape index (κ2) is 9.24. The van der Waals surface area contributed by atoms with Crippen LogP contribution in [0.3, 0.4) is 0 Å². The average molecular weight is 390 g/mol. The van der Waals surface area contributed by atoms with Crippen molar-refractivity contribution < 1.29 is 9.59 Å². The fourth-order valence-electron chi connectivity index (χ4n) is 2.63. The maximum Gasteiger partial charge on any atom is 0.246 e. The van der Waals surface area contributed by atoms with Crippen molar-refractivity contribution in [1.29, 1.82) is 5.26 Å². The molecule has 0 aromatic heterocycles. The largest absolute Gasteiger partial charge is 0.355 e. The lowest BCUT2D eigenvalue weighted by atomic mass is 9.96. The molecule has 1 fully saturated rings. The summed E-state index contributed by atoms with van der Waals surface area (Å²) in [5, 5.41) is 11.2. The first kappa shape index (κ1) is 18.2. The Morgan fingerprint density at radius 1 is 1.33 bits per heavy atom. The number of carbonyl (C=O) groups excluding carboxylic acids is 2. The van der Waals surface area contributed by atoms with Crippen LogP contribution in [-0.2, 0) is 9.59 Å². The number of carbonyl (C=O) groups is 2. The van der Waals surface area contributed by atoms with Crippen molar-refractivity contribution in [2.45, 2.75) is 19.3 Å². The van der Waals surface area contributed by atoms with Gasteiger partial charge in [0.15, 0.2) is 0 Å². The highest BCUT2D eigenvalue weighted by Crippen LogP contribution is 2.19. The van der Waals surface area contributed by atoms with Crippen molar-refractivity contribution >= 4 is 33.8 Å². The van der Waals surface area contributed by atoms with Crippen molar-refractivity contribution in [1.82, 2.24) is 10.2 Å². The normalized spacial score (nSPS) is 15.2. The Balaban J connectivity index is 1.78. The molecule has 1 aromatic rings. The van der Waals surface area contributed by atoms with Gasteiger partial charge in [-0.2, -0.15) is 5.26 Å². The summed E-state index contributed by atoms with van der Waals surface area (Å²) in [5.74, 6) is 0.147. The van der Waals surface area contributed by atoms with Crippen LogP contribution in [0.25, 0.3) is 6.08 Å². The van der Waals surface area contributed by atoms with E-state index >= 15 is 0 Å². The minimum atomic E-state index is -0.229. The van der Waals surface area contributed by atoms with E-state index in [2.05, 4.69) is 21.2 Å². The van der Waals surface area contributed by atoms with E-state index in [1.807, 2.05) is 41.3 Å². The Labute approximate surface area is 150 Å². The molecule has 5 nitrogen and oxygen atoms in total. The first-order valence-corrected chi connectivity index (χ1v) is 8.74. The Morgan fingerprint density at radius 2 is 2.04 bits per heavy atom. The quantitative estimate of drug-likeness (QED) is 0.786. The summed E-state index contributed by atoms with van der Waals surface area (Å²) < 4.78 is 0.959. The van der Waals surface area contributed by atoms with Crippen LogP contribution in [0, 0.1) is 17.2 Å². The minimum Gasteiger partial charge on any atom is -0.355 e. The van der Waals surface area contributed by atoms with Gasteiger partial charge in [-0.15, -0.1) is 0 Å². The van der Waals surface area contributed by atoms with Gasteiger partial charge in [-0.1, -0.05) is 34.1 Å². The molecule has 2 rings (SSSR count). The van der Waals surface area contributed by atoms with E-state index in [0.29, 0.717) is 25.6 Å². The van der Waals surface area contributed by atoms with E-state index in [1.165, 1.54) is 0 Å². The van der Waals surface area contributed by atoms with Crippen molar-refractivity contribution in [3.05, 3.63) is 40.4 Å². The highest BCUT2D eigenvalue weighted by atomic mass is 79.9. The zero-order chi connectivity index (χ0) is 17.4. The van der Waals surface area contributed by atoms with Gasteiger partial charge in [0.25, 0.3) is 0 Å². The number of benzene rings is 1. The van der Waals surface area contributed by atoms with Gasteiger partial charge in [0.2, 0.25) is 11.8 Å². The summed E-state index contributed by atoms with van der Waals surface area (Å²) in [6.45, 7) is 1.96. The van der Waals surface area contributed by atoms with Gasteiger partial charge >= 0.3 is 0 Å². The Kier molecular flexibility index (Phi) is 7.01. The summed E-state index contributed by atoms with van der Waals surface area (Å²) in [6, 6.07) is 9.59. The van der Waals surface area contributed by atoms with E-state index < -0.39 is 0 Å². The van der Waals surface area contributed by atoms with Crippen LogP contribution in [0.2, 0.25) is 0 Å². The molecule has 1 aliphatic heterocycles. The molecule has 6 heteroatoms. The lowest BCUT2D eigenvalue weighted by molar-refractivity contribution is -0.127. The third-order valence-corrected chi connectivity index (χ3v) is 4.79. The third kappa shape index (κ3) is 5.50. The molecule has 0 saturated carbocycles. The SMILES string of the molecule is N#CCC(=O)NCC1CCN(C(=O)/C=C/c2ccccc2Br)CC1. The number of nitrogens with one attached hydrogen (secondary N) is 1. The summed E-state index contributed by atoms with van der Waals surface area (Å²) in [5.41, 5.74) is 0.973. The monoisotopic (exact) mass is 389 g/mol. The van der Waals surface area contributed by atoms with Gasteiger partial charge in [-0.3, -0.25) is 9.59 Å². The number of nitrogens with zero attached hydrogens (tertiary/aromatic N) is 2. The molecule has 0 bridgehead atoms. The standard InChI is InChI=1S/C18H20BrN3O2/c19-16-4-2-1-3-15(16)5-6-18(24)22-11-8-14(9-12-22)13-21-17(23)7-10-20/h1-6,14H,7-9,11-13H2,(H,21,23)/b6-5+. The molecule has 0 aliphatic carbocycles. The van der Waals surface area contributed by atoms with E-state index in [4.69, 9.17) is 5.26 Å². The van der Waals surface area contributed by atoms with E-state index in [9.17, 15) is 9.59 Å². The van der Waals surface area contributed by atoms with Gasteiger partial charge in [0.1, 0.15) is 6.42 Å². The van der Waals surface area contributed by atoms with Gasteiger partial charge in [-0.05, 0) is 36.5 Å². The number of nitriles is 1. The molecule has 1 N–H and O–H groups in total. The van der Waals surface area contributed by atoms with Crippen molar-refractivity contribution in [3.63, 3.8) is 0 Å². The number of amides is 2. The van der Waals surface area contributed by atoms with Gasteiger partial charge in [0.05, 0.1) is 6.07 Å². The number of hydrogen-bond donors (Lipinski definition) is 1. The predicted octanol–water partition coefficient (Wildman–Crippen LogP) is 2.73. The predicted molar refractivity (Wildman–Crippen MR) is 95.7 cm³/mol. The zero-order valence-electron chi connectivity index (χ0n) is 13.4. The van der Waals surface area contributed by atoms with Crippen LogP contribution in [0.4, 0.5) is 0 Å². The number of piperidine rings is 1. The molecule has 126 valence electrons. The third-order valence-electron chi connectivity index (χ3n) is 4.06. The van der Waals surface area contributed by atoms with E-state index in [0.717, 1.165) is 22.9 Å². The first-order valence-electron chi connectivity index (χ1n) is 7.95. The molecular weight excluding hydrogens is 370 g/mol. The number of likely N-dealkylation sites (tertiary alicyclic amines) is 1. The molecule has 1 saturated heterocycles. The molecule has 0 radical (unpaired) electrons. The molecule has 1 heterocycles. The average Bonchev–Trinajstić information content (AvgIpc) is 2.60. The van der Waals surface area contributed by atoms with Crippen LogP contribution >= 0.6 is 15.9 Å². The fourth-order valence-corrected chi connectivity index (χ4v) is 3.04. The van der Waals surface area contributed by atoms with Crippen LogP contribution in [0.1, 0.15) is 24.8 Å². The molecule has 0 unspecified atom stereocenters. The number of hydrogen-bond acceptors (Lipinski definition) is 3. The molecule has 0 atom stereocenters. The summed E-state index contributed by atoms with van der Waals surface area (Å²) >= 11 is 3.46. The fraction of sp³-hybridized carbons (Fsp3) is 0.389. The summed E-state index contributed by atoms with van der Waals surface area (Å²) in [7, 11) is 0. The summed E-state index contributed by atoms with van der Waals surface area (Å²) in [6.07, 6.45) is 5.05. The maximum absolute atomic E-state index is 12.3. The van der Waals surface area contributed by atoms with Crippen LogP contribution in [0.5, 0.6) is 0 Å². The zero-order valence-corrected chi connectivity index (χ0v) is 15.0. The molecule has 24 heavy (non-hydrogen) atoms. The van der Waals surface area contributed by atoms with Gasteiger partial charge < -0.3 is 10.2 Å². The lowest BCUT2D eigenvalue weighted by Crippen LogP contribution is -2.40. The van der Waals surface area contributed by atoms with Crippen molar-refractivity contribution in [2.75, 3.05) is 19.6 Å². The van der Waals surface area contributed by atoms with Gasteiger partial charge in [-0.25, -0.2) is 0 Å².